The lowest BCUT2D eigenvalue weighted by Crippen LogP contribution is -2.34. The molecular formula is C20H23N3O3S. The van der Waals surface area contributed by atoms with Gasteiger partial charge in [-0.2, -0.15) is 0 Å². The van der Waals surface area contributed by atoms with Crippen LogP contribution in [0.5, 0.6) is 5.75 Å². The molecule has 0 aliphatic carbocycles. The van der Waals surface area contributed by atoms with Gasteiger partial charge in [-0.05, 0) is 49.0 Å². The Kier molecular flexibility index (Phi) is 7.76. The summed E-state index contributed by atoms with van der Waals surface area (Å²) >= 11 is 5.22. The molecule has 0 aliphatic rings. The monoisotopic (exact) mass is 385 g/mol. The van der Waals surface area contributed by atoms with Crippen LogP contribution in [0.25, 0.3) is 0 Å². The summed E-state index contributed by atoms with van der Waals surface area (Å²) in [5.74, 6) is 0.0132. The van der Waals surface area contributed by atoms with Crippen molar-refractivity contribution in [2.75, 3.05) is 17.2 Å². The van der Waals surface area contributed by atoms with Gasteiger partial charge in [0, 0.05) is 18.3 Å². The Morgan fingerprint density at radius 3 is 2.44 bits per heavy atom. The molecule has 0 spiro atoms. The van der Waals surface area contributed by atoms with Gasteiger partial charge in [0.05, 0.1) is 12.2 Å². The van der Waals surface area contributed by atoms with E-state index in [1.807, 2.05) is 6.07 Å². The number of unbranched alkanes of at least 4 members (excludes halogenated alkanes) is 1. The molecule has 2 amide bonds. The zero-order valence-corrected chi connectivity index (χ0v) is 16.2. The Hall–Kier alpha value is -2.93. The van der Waals surface area contributed by atoms with Gasteiger partial charge in [0.2, 0.25) is 5.91 Å². The van der Waals surface area contributed by atoms with E-state index in [0.29, 0.717) is 29.3 Å². The summed E-state index contributed by atoms with van der Waals surface area (Å²) in [4.78, 5) is 23.7. The van der Waals surface area contributed by atoms with Crippen LogP contribution in [-0.2, 0) is 4.79 Å². The average Bonchev–Trinajstić information content (AvgIpc) is 2.62. The highest BCUT2D eigenvalue weighted by molar-refractivity contribution is 7.80. The number of rotatable bonds is 7. The summed E-state index contributed by atoms with van der Waals surface area (Å²) in [6.07, 6.45) is 1.93. The quantitative estimate of drug-likeness (QED) is 0.497. The van der Waals surface area contributed by atoms with Crippen molar-refractivity contribution in [3.05, 3.63) is 54.1 Å². The number of anilines is 2. The Morgan fingerprint density at radius 2 is 1.74 bits per heavy atom. The molecule has 0 fully saturated rings. The van der Waals surface area contributed by atoms with E-state index in [0.717, 1.165) is 12.8 Å². The first kappa shape index (κ1) is 20.4. The number of hydrogen-bond acceptors (Lipinski definition) is 4. The number of ether oxygens (including phenoxy) is 1. The number of carbonyl (C=O) groups is 2. The van der Waals surface area contributed by atoms with E-state index < -0.39 is 0 Å². The van der Waals surface area contributed by atoms with Gasteiger partial charge >= 0.3 is 0 Å². The maximum atomic E-state index is 12.5. The maximum Gasteiger partial charge on any atom is 0.261 e. The second-order valence-corrected chi connectivity index (χ2v) is 6.28. The predicted octanol–water partition coefficient (Wildman–Crippen LogP) is 3.95. The van der Waals surface area contributed by atoms with Crippen LogP contribution in [0, 0.1) is 0 Å². The number of nitrogens with one attached hydrogen (secondary N) is 3. The van der Waals surface area contributed by atoms with Gasteiger partial charge < -0.3 is 15.4 Å². The molecule has 0 heterocycles. The third kappa shape index (κ3) is 6.71. The number of para-hydroxylation sites is 1. The first-order valence-corrected chi connectivity index (χ1v) is 9.12. The van der Waals surface area contributed by atoms with Crippen molar-refractivity contribution in [2.45, 2.75) is 26.7 Å². The molecule has 0 aromatic heterocycles. The van der Waals surface area contributed by atoms with E-state index in [1.165, 1.54) is 6.92 Å². The number of amides is 2. The molecule has 7 heteroatoms. The second kappa shape index (κ2) is 10.3. The van der Waals surface area contributed by atoms with E-state index in [9.17, 15) is 9.59 Å². The van der Waals surface area contributed by atoms with E-state index in [1.54, 1.807) is 42.5 Å². The van der Waals surface area contributed by atoms with Crippen molar-refractivity contribution in [1.82, 2.24) is 5.32 Å². The van der Waals surface area contributed by atoms with E-state index in [4.69, 9.17) is 17.0 Å². The molecule has 27 heavy (non-hydrogen) atoms. The predicted molar refractivity (Wildman–Crippen MR) is 111 cm³/mol. The van der Waals surface area contributed by atoms with Gasteiger partial charge in [0.15, 0.2) is 5.11 Å². The maximum absolute atomic E-state index is 12.5. The molecule has 6 nitrogen and oxygen atoms in total. The number of benzene rings is 2. The first-order valence-electron chi connectivity index (χ1n) is 8.71. The van der Waals surface area contributed by atoms with Gasteiger partial charge in [-0.1, -0.05) is 31.5 Å². The highest BCUT2D eigenvalue weighted by Crippen LogP contribution is 2.19. The molecule has 0 saturated heterocycles. The molecule has 0 bridgehead atoms. The molecule has 0 saturated carbocycles. The van der Waals surface area contributed by atoms with Crippen LogP contribution in [-0.4, -0.2) is 23.5 Å². The molecule has 0 radical (unpaired) electrons. The number of thiocarbonyl (C=S) groups is 1. The van der Waals surface area contributed by atoms with Gasteiger partial charge in [-0.15, -0.1) is 0 Å². The lowest BCUT2D eigenvalue weighted by Gasteiger charge is -2.13. The van der Waals surface area contributed by atoms with E-state index in [-0.39, 0.29) is 16.9 Å². The minimum absolute atomic E-state index is 0.156. The van der Waals surface area contributed by atoms with Gasteiger partial charge in [0.25, 0.3) is 5.91 Å². The lowest BCUT2D eigenvalue weighted by atomic mass is 10.2. The molecular weight excluding hydrogens is 362 g/mol. The summed E-state index contributed by atoms with van der Waals surface area (Å²) in [6.45, 7) is 4.07. The highest BCUT2D eigenvalue weighted by atomic mass is 32.1. The van der Waals surface area contributed by atoms with Gasteiger partial charge in [-0.25, -0.2) is 0 Å². The van der Waals surface area contributed by atoms with Gasteiger partial charge in [-0.3, -0.25) is 14.9 Å². The van der Waals surface area contributed by atoms with Crippen molar-refractivity contribution in [3.63, 3.8) is 0 Å². The molecule has 2 aromatic carbocycles. The minimum atomic E-state index is -0.349. The van der Waals surface area contributed by atoms with E-state index in [2.05, 4.69) is 22.9 Å². The second-order valence-electron chi connectivity index (χ2n) is 5.87. The van der Waals surface area contributed by atoms with Crippen LogP contribution in [0.15, 0.2) is 48.5 Å². The first-order chi connectivity index (χ1) is 13.0. The zero-order valence-electron chi connectivity index (χ0n) is 15.4. The number of carbonyl (C=O) groups excluding carboxylic acids is 2. The van der Waals surface area contributed by atoms with Gasteiger partial charge in [0.1, 0.15) is 5.75 Å². The fourth-order valence-corrected chi connectivity index (χ4v) is 2.53. The standard InChI is InChI=1S/C20H23N3O3S/c1-3-4-12-26-18-11-6-5-10-17(18)19(25)23-20(27)22-16-9-7-8-15(13-16)21-14(2)24/h5-11,13H,3-4,12H2,1-2H3,(H,21,24)(H2,22,23,25,27). The highest BCUT2D eigenvalue weighted by Gasteiger charge is 2.13. The Bertz CT molecular complexity index is 824. The summed E-state index contributed by atoms with van der Waals surface area (Å²) in [5.41, 5.74) is 1.71. The molecule has 0 unspecified atom stereocenters. The molecule has 0 atom stereocenters. The largest absolute Gasteiger partial charge is 0.493 e. The van der Waals surface area contributed by atoms with Crippen molar-refractivity contribution in [2.24, 2.45) is 0 Å². The lowest BCUT2D eigenvalue weighted by molar-refractivity contribution is -0.114. The molecule has 2 aromatic rings. The van der Waals surface area contributed by atoms with Crippen LogP contribution >= 0.6 is 12.2 Å². The molecule has 0 aliphatic heterocycles. The third-order valence-electron chi connectivity index (χ3n) is 3.56. The summed E-state index contributed by atoms with van der Waals surface area (Å²) in [5, 5.41) is 8.43. The van der Waals surface area contributed by atoms with Crippen LogP contribution in [0.1, 0.15) is 37.0 Å². The van der Waals surface area contributed by atoms with E-state index >= 15 is 0 Å². The van der Waals surface area contributed by atoms with Crippen molar-refractivity contribution >= 4 is 40.5 Å². The zero-order chi connectivity index (χ0) is 19.6. The van der Waals surface area contributed by atoms with Crippen LogP contribution < -0.4 is 20.7 Å². The normalized spacial score (nSPS) is 10.0. The van der Waals surface area contributed by atoms with Crippen LogP contribution in [0.4, 0.5) is 11.4 Å². The average molecular weight is 385 g/mol. The fourth-order valence-electron chi connectivity index (χ4n) is 2.32. The van der Waals surface area contributed by atoms with Crippen molar-refractivity contribution < 1.29 is 14.3 Å². The molecule has 2 rings (SSSR count). The SMILES string of the molecule is CCCCOc1ccccc1C(=O)NC(=S)Nc1cccc(NC(C)=O)c1. The van der Waals surface area contributed by atoms with Crippen molar-refractivity contribution in [3.8, 4) is 5.75 Å². The minimum Gasteiger partial charge on any atom is -0.493 e. The third-order valence-corrected chi connectivity index (χ3v) is 3.76. The summed E-state index contributed by atoms with van der Waals surface area (Å²) < 4.78 is 5.69. The molecule has 3 N–H and O–H groups in total. The smallest absolute Gasteiger partial charge is 0.261 e. The summed E-state index contributed by atoms with van der Waals surface area (Å²) in [7, 11) is 0. The van der Waals surface area contributed by atoms with Crippen LogP contribution in [0.3, 0.4) is 0 Å². The topological polar surface area (TPSA) is 79.5 Å². The fraction of sp³-hybridized carbons (Fsp3) is 0.250. The number of hydrogen-bond donors (Lipinski definition) is 3. The Labute approximate surface area is 164 Å². The summed E-state index contributed by atoms with van der Waals surface area (Å²) in [6, 6.07) is 14.1. The Morgan fingerprint density at radius 1 is 1.04 bits per heavy atom. The van der Waals surface area contributed by atoms with Crippen molar-refractivity contribution in [1.29, 1.82) is 0 Å². The van der Waals surface area contributed by atoms with Crippen LogP contribution in [0.2, 0.25) is 0 Å². The molecule has 142 valence electrons. The Balaban J connectivity index is 2.00.